The van der Waals surface area contributed by atoms with Crippen LogP contribution in [0.1, 0.15) is 23.5 Å². The van der Waals surface area contributed by atoms with Gasteiger partial charge in [0.2, 0.25) is 0 Å². The first kappa shape index (κ1) is 27.0. The molecule has 2 N–H and O–H groups in total. The molecule has 39 heavy (non-hydrogen) atoms. The van der Waals surface area contributed by atoms with Crippen LogP contribution >= 0.6 is 0 Å². The number of nitrogens with zero attached hydrogens (tertiary/aromatic N) is 2. The first-order chi connectivity index (χ1) is 19.0. The van der Waals surface area contributed by atoms with Crippen molar-refractivity contribution < 1.29 is 23.8 Å². The zero-order valence-corrected chi connectivity index (χ0v) is 21.8. The predicted molar refractivity (Wildman–Crippen MR) is 146 cm³/mol. The Morgan fingerprint density at radius 1 is 0.897 bits per heavy atom. The molecule has 3 aromatic carbocycles. The highest BCUT2D eigenvalue weighted by molar-refractivity contribution is 6.06. The topological polar surface area (TPSA) is 115 Å². The van der Waals surface area contributed by atoms with Crippen LogP contribution in [0.3, 0.4) is 0 Å². The fraction of sp³-hybridized carbons (Fsp3) is 0.194. The van der Waals surface area contributed by atoms with E-state index in [2.05, 4.69) is 18.2 Å². The van der Waals surface area contributed by atoms with Crippen molar-refractivity contribution in [3.8, 4) is 11.8 Å². The van der Waals surface area contributed by atoms with Gasteiger partial charge in [-0.2, -0.15) is 5.26 Å². The van der Waals surface area contributed by atoms with Crippen LogP contribution in [-0.2, 0) is 25.5 Å². The number of rotatable bonds is 9. The number of carbonyl (C=O) groups excluding carboxylic acids is 2. The molecule has 0 radical (unpaired) electrons. The van der Waals surface area contributed by atoms with Crippen molar-refractivity contribution in [2.75, 3.05) is 25.7 Å². The highest BCUT2D eigenvalue weighted by atomic mass is 16.5. The molecule has 0 bridgehead atoms. The average Bonchev–Trinajstić information content (AvgIpc) is 2.99. The third kappa shape index (κ3) is 5.63. The molecule has 4 rings (SSSR count). The molecule has 0 spiro atoms. The van der Waals surface area contributed by atoms with Crippen molar-refractivity contribution in [1.29, 1.82) is 5.26 Å². The van der Waals surface area contributed by atoms with E-state index in [1.807, 2.05) is 24.3 Å². The smallest absolute Gasteiger partial charge is 0.355 e. The number of ether oxygens (including phenoxy) is 3. The van der Waals surface area contributed by atoms with Gasteiger partial charge in [0.25, 0.3) is 0 Å². The number of para-hydroxylation sites is 2. The van der Waals surface area contributed by atoms with Crippen LogP contribution in [0.4, 0.5) is 5.69 Å². The Hall–Kier alpha value is -5.03. The van der Waals surface area contributed by atoms with E-state index in [0.717, 1.165) is 12.8 Å². The number of carbonyl (C=O) groups is 2. The molecule has 0 saturated carbocycles. The lowest BCUT2D eigenvalue weighted by Gasteiger charge is -2.36. The fourth-order valence-corrected chi connectivity index (χ4v) is 4.63. The Kier molecular flexibility index (Phi) is 8.64. The molecule has 198 valence electrons. The molecule has 8 nitrogen and oxygen atoms in total. The maximum Gasteiger partial charge on any atom is 0.355 e. The quantitative estimate of drug-likeness (QED) is 0.320. The zero-order valence-electron chi connectivity index (χ0n) is 21.8. The molecule has 3 aromatic rings. The van der Waals surface area contributed by atoms with E-state index in [0.29, 0.717) is 23.6 Å². The predicted octanol–water partition coefficient (Wildman–Crippen LogP) is 4.60. The summed E-state index contributed by atoms with van der Waals surface area (Å²) in [5, 5.41) is 10.2. The average molecular weight is 524 g/mol. The highest BCUT2D eigenvalue weighted by Crippen LogP contribution is 2.45. The first-order valence-corrected chi connectivity index (χ1v) is 12.4. The largest absolute Gasteiger partial charge is 0.491 e. The van der Waals surface area contributed by atoms with Gasteiger partial charge in [0.15, 0.2) is 0 Å². The second kappa shape index (κ2) is 12.5. The SMILES string of the molecule is COC(=O)C1=C(C(=O)OC)N(c2ccccc2OCCCc2ccccc2)C(N)=C(C#N)C1c1ccccc1. The molecule has 0 aromatic heterocycles. The van der Waals surface area contributed by atoms with E-state index in [1.165, 1.54) is 24.7 Å². The standard InChI is InChI=1S/C31H29N3O5/c1-37-30(35)27-26(22-15-7-4-8-16-22)23(20-32)29(33)34(28(27)31(36)38-2)24-17-9-10-18-25(24)39-19-11-14-21-12-5-3-6-13-21/h3-10,12-13,15-18,26H,11,14,19,33H2,1-2H3. The molecular weight excluding hydrogens is 494 g/mol. The number of hydrogen-bond donors (Lipinski definition) is 1. The van der Waals surface area contributed by atoms with Crippen molar-refractivity contribution in [3.05, 3.63) is 119 Å². The molecule has 1 heterocycles. The Labute approximate surface area is 227 Å². The Bertz CT molecular complexity index is 1440. The summed E-state index contributed by atoms with van der Waals surface area (Å²) in [5.41, 5.74) is 8.69. The van der Waals surface area contributed by atoms with Gasteiger partial charge < -0.3 is 19.9 Å². The molecular formula is C31H29N3O5. The second-order valence-electron chi connectivity index (χ2n) is 8.74. The Balaban J connectivity index is 1.81. The first-order valence-electron chi connectivity index (χ1n) is 12.4. The molecule has 1 aliphatic rings. The van der Waals surface area contributed by atoms with Gasteiger partial charge in [-0.1, -0.05) is 72.8 Å². The lowest BCUT2D eigenvalue weighted by Crippen LogP contribution is -2.41. The van der Waals surface area contributed by atoms with Gasteiger partial charge in [0.05, 0.1) is 49.6 Å². The van der Waals surface area contributed by atoms with Crippen LogP contribution in [0.15, 0.2) is 108 Å². The van der Waals surface area contributed by atoms with Gasteiger partial charge in [0, 0.05) is 0 Å². The van der Waals surface area contributed by atoms with Crippen molar-refractivity contribution in [2.24, 2.45) is 5.73 Å². The summed E-state index contributed by atoms with van der Waals surface area (Å²) in [6, 6.07) is 28.1. The number of nitriles is 1. The van der Waals surface area contributed by atoms with Crippen LogP contribution < -0.4 is 15.4 Å². The van der Waals surface area contributed by atoms with E-state index in [9.17, 15) is 14.9 Å². The number of benzene rings is 3. The van der Waals surface area contributed by atoms with Crippen molar-refractivity contribution in [2.45, 2.75) is 18.8 Å². The molecule has 1 aliphatic heterocycles. The van der Waals surface area contributed by atoms with Crippen molar-refractivity contribution >= 4 is 17.6 Å². The monoisotopic (exact) mass is 523 g/mol. The molecule has 0 fully saturated rings. The van der Waals surface area contributed by atoms with Gasteiger partial charge in [-0.05, 0) is 36.1 Å². The maximum absolute atomic E-state index is 13.3. The van der Waals surface area contributed by atoms with E-state index >= 15 is 0 Å². The van der Waals surface area contributed by atoms with E-state index in [4.69, 9.17) is 19.9 Å². The highest BCUT2D eigenvalue weighted by Gasteiger charge is 2.43. The minimum absolute atomic E-state index is 0.0141. The molecule has 1 atom stereocenters. The minimum Gasteiger partial charge on any atom is -0.491 e. The summed E-state index contributed by atoms with van der Waals surface area (Å²) in [5.74, 6) is -2.12. The molecule has 8 heteroatoms. The number of allylic oxidation sites excluding steroid dienone is 1. The minimum atomic E-state index is -0.937. The van der Waals surface area contributed by atoms with E-state index in [-0.39, 0.29) is 22.7 Å². The lowest BCUT2D eigenvalue weighted by atomic mass is 9.81. The van der Waals surface area contributed by atoms with Gasteiger partial charge in [-0.25, -0.2) is 9.59 Å². The van der Waals surface area contributed by atoms with E-state index < -0.39 is 17.9 Å². The summed E-state index contributed by atoms with van der Waals surface area (Å²) in [7, 11) is 2.43. The normalized spacial score (nSPS) is 15.0. The van der Waals surface area contributed by atoms with E-state index in [1.54, 1.807) is 48.5 Å². The summed E-state index contributed by atoms with van der Waals surface area (Å²) in [6.45, 7) is 0.391. The van der Waals surface area contributed by atoms with Crippen molar-refractivity contribution in [3.63, 3.8) is 0 Å². The molecule has 0 saturated heterocycles. The summed E-state index contributed by atoms with van der Waals surface area (Å²) in [6.07, 6.45) is 1.57. The number of hydrogen-bond acceptors (Lipinski definition) is 8. The van der Waals surface area contributed by atoms with Gasteiger partial charge >= 0.3 is 11.9 Å². The van der Waals surface area contributed by atoms with Crippen LogP contribution in [-0.4, -0.2) is 32.8 Å². The van der Waals surface area contributed by atoms with Crippen molar-refractivity contribution in [1.82, 2.24) is 0 Å². The second-order valence-corrected chi connectivity index (χ2v) is 8.74. The number of nitrogens with two attached hydrogens (primary N) is 1. The van der Waals surface area contributed by atoms with Gasteiger partial charge in [-0.3, -0.25) is 4.90 Å². The number of esters is 2. The van der Waals surface area contributed by atoms with Crippen LogP contribution in [0.2, 0.25) is 0 Å². The molecule has 0 amide bonds. The zero-order chi connectivity index (χ0) is 27.8. The van der Waals surface area contributed by atoms with Gasteiger partial charge in [0.1, 0.15) is 17.3 Å². The number of anilines is 1. The Morgan fingerprint density at radius 3 is 2.15 bits per heavy atom. The van der Waals surface area contributed by atoms with Crippen LogP contribution in [0, 0.1) is 11.3 Å². The maximum atomic E-state index is 13.3. The third-order valence-electron chi connectivity index (χ3n) is 6.43. The number of aryl methyl sites for hydroxylation is 1. The fourth-order valence-electron chi connectivity index (χ4n) is 4.63. The lowest BCUT2D eigenvalue weighted by molar-refractivity contribution is -0.139. The summed E-state index contributed by atoms with van der Waals surface area (Å²) in [4.78, 5) is 27.9. The Morgan fingerprint density at radius 2 is 1.51 bits per heavy atom. The summed E-state index contributed by atoms with van der Waals surface area (Å²) >= 11 is 0. The number of methoxy groups -OCH3 is 2. The van der Waals surface area contributed by atoms with Gasteiger partial charge in [-0.15, -0.1) is 0 Å². The summed E-state index contributed by atoms with van der Waals surface area (Å²) < 4.78 is 16.3. The molecule has 1 unspecified atom stereocenters. The van der Waals surface area contributed by atoms with Crippen LogP contribution in [0.25, 0.3) is 0 Å². The molecule has 0 aliphatic carbocycles. The third-order valence-corrected chi connectivity index (χ3v) is 6.43. The van der Waals surface area contributed by atoms with Crippen LogP contribution in [0.5, 0.6) is 5.75 Å².